The average molecular weight is 409 g/mol. The molecular weight excluding hydrogens is 388 g/mol. The van der Waals surface area contributed by atoms with E-state index in [1.54, 1.807) is 13.8 Å². The fourth-order valence-electron chi connectivity index (χ4n) is 2.68. The predicted octanol–water partition coefficient (Wildman–Crippen LogP) is -1.12. The number of thiophene rings is 1. The molecule has 0 unspecified atom stereocenters. The van der Waals surface area contributed by atoms with Crippen LogP contribution in [0.4, 0.5) is 5.69 Å². The van der Waals surface area contributed by atoms with Crippen LogP contribution in [0, 0.1) is 6.92 Å². The van der Waals surface area contributed by atoms with E-state index in [0.717, 1.165) is 5.69 Å². The number of aryl methyl sites for hydroxylation is 1. The molecule has 0 aliphatic rings. The fraction of sp³-hybridized carbons (Fsp3) is 0.333. The molecule has 0 radical (unpaired) electrons. The first-order valence-electron chi connectivity index (χ1n) is 8.26. The van der Waals surface area contributed by atoms with Crippen LogP contribution in [-0.2, 0) is 11.3 Å². The highest BCUT2D eigenvalue weighted by Gasteiger charge is 2.20. The number of carbonyl (C=O) groups is 1. The van der Waals surface area contributed by atoms with Gasteiger partial charge in [-0.1, -0.05) is 0 Å². The maximum Gasteiger partial charge on any atom is 0.348 e. The molecule has 0 amide bonds. The Hall–Kier alpha value is -2.45. The molecule has 3 aromatic rings. The second kappa shape index (κ2) is 8.49. The van der Waals surface area contributed by atoms with Gasteiger partial charge in [0.25, 0.3) is 5.56 Å². The van der Waals surface area contributed by atoms with E-state index in [2.05, 4.69) is 9.97 Å². The Labute approximate surface area is 167 Å². The molecule has 144 valence electrons. The van der Waals surface area contributed by atoms with Gasteiger partial charge in [0.2, 0.25) is 6.54 Å². The van der Waals surface area contributed by atoms with Crippen molar-refractivity contribution in [3.05, 3.63) is 51.1 Å². The minimum atomic E-state index is -0.414. The number of aromatic nitrogens is 3. The highest BCUT2D eigenvalue weighted by Crippen LogP contribution is 2.27. The van der Waals surface area contributed by atoms with E-state index >= 15 is 0 Å². The summed E-state index contributed by atoms with van der Waals surface area (Å²) in [6.45, 7) is 4.23. The van der Waals surface area contributed by atoms with Crippen molar-refractivity contribution < 1.29 is 26.5 Å². The number of carbonyl (C=O) groups excluding carboxylic acids is 1. The zero-order chi connectivity index (χ0) is 18.8. The number of anilines is 1. The Balaban J connectivity index is 0.00000261. The summed E-state index contributed by atoms with van der Waals surface area (Å²) < 4.78 is 6.99. The van der Waals surface area contributed by atoms with Crippen LogP contribution < -0.4 is 27.4 Å². The van der Waals surface area contributed by atoms with Crippen molar-refractivity contribution in [1.82, 2.24) is 9.97 Å². The summed E-state index contributed by atoms with van der Waals surface area (Å²) in [5.74, 6) is 0.129. The Morgan fingerprint density at radius 2 is 2.00 bits per heavy atom. The normalized spacial score (nSPS) is 10.5. The number of aromatic amines is 1. The Morgan fingerprint density at radius 1 is 1.33 bits per heavy atom. The largest absolute Gasteiger partial charge is 1.00 e. The van der Waals surface area contributed by atoms with Crippen molar-refractivity contribution in [2.45, 2.75) is 20.4 Å². The van der Waals surface area contributed by atoms with Gasteiger partial charge in [-0.25, -0.2) is 9.78 Å². The second-order valence-electron chi connectivity index (χ2n) is 6.09. The molecular formula is C18H21ClN4O3S. The summed E-state index contributed by atoms with van der Waals surface area (Å²) in [5, 5.41) is 0.453. The first-order chi connectivity index (χ1) is 12.4. The van der Waals surface area contributed by atoms with E-state index in [-0.39, 0.29) is 18.0 Å². The van der Waals surface area contributed by atoms with Crippen molar-refractivity contribution in [2.24, 2.45) is 0 Å². The van der Waals surface area contributed by atoms with Crippen molar-refractivity contribution in [1.29, 1.82) is 0 Å². The number of ether oxygens (including phenoxy) is 1. The number of rotatable bonds is 5. The van der Waals surface area contributed by atoms with E-state index in [4.69, 9.17) is 4.74 Å². The van der Waals surface area contributed by atoms with E-state index in [0.29, 0.717) is 39.6 Å². The Bertz CT molecular complexity index is 1010. The Morgan fingerprint density at radius 3 is 2.59 bits per heavy atom. The lowest BCUT2D eigenvalue weighted by Crippen LogP contribution is -3.00. The number of esters is 1. The standard InChI is InChI=1S/C18H20N4O3S.ClH/c1-5-25-18(24)15-11(2)14-16(23)19-13(20-17(14)26-15)10-22-8-6-12(7-9-22)21(3)4;/h6-9H,5,10H2,1-4H3;1H. The quantitative estimate of drug-likeness (QED) is 0.427. The molecule has 3 rings (SSSR count). The molecule has 0 aliphatic heterocycles. The summed E-state index contributed by atoms with van der Waals surface area (Å²) in [5.41, 5.74) is 1.47. The zero-order valence-electron chi connectivity index (χ0n) is 15.6. The van der Waals surface area contributed by atoms with E-state index in [1.165, 1.54) is 11.3 Å². The van der Waals surface area contributed by atoms with Crippen LogP contribution in [-0.4, -0.2) is 36.6 Å². The van der Waals surface area contributed by atoms with Crippen LogP contribution in [0.1, 0.15) is 28.0 Å². The van der Waals surface area contributed by atoms with Crippen molar-refractivity contribution >= 4 is 33.2 Å². The zero-order valence-corrected chi connectivity index (χ0v) is 17.1. The van der Waals surface area contributed by atoms with Gasteiger partial charge in [-0.3, -0.25) is 4.79 Å². The molecule has 3 aromatic heterocycles. The number of fused-ring (bicyclic) bond motifs is 1. The minimum Gasteiger partial charge on any atom is -1.00 e. The molecule has 0 aliphatic carbocycles. The van der Waals surface area contributed by atoms with Crippen LogP contribution in [0.15, 0.2) is 29.3 Å². The van der Waals surface area contributed by atoms with Gasteiger partial charge in [-0.15, -0.1) is 11.3 Å². The first kappa shape index (κ1) is 20.9. The van der Waals surface area contributed by atoms with Gasteiger partial charge >= 0.3 is 5.97 Å². The second-order valence-corrected chi connectivity index (χ2v) is 7.09. The molecule has 0 aromatic carbocycles. The van der Waals surface area contributed by atoms with Crippen LogP contribution in [0.5, 0.6) is 0 Å². The number of pyridine rings is 1. The number of hydrogen-bond acceptors (Lipinski definition) is 6. The van der Waals surface area contributed by atoms with Crippen molar-refractivity contribution in [3.8, 4) is 0 Å². The number of nitrogens with zero attached hydrogens (tertiary/aromatic N) is 3. The van der Waals surface area contributed by atoms with Gasteiger partial charge in [-0.05, 0) is 19.4 Å². The number of nitrogens with one attached hydrogen (secondary N) is 1. The third-order valence-electron chi connectivity index (χ3n) is 4.03. The topological polar surface area (TPSA) is 79.2 Å². The first-order valence-corrected chi connectivity index (χ1v) is 9.08. The predicted molar refractivity (Wildman–Crippen MR) is 101 cm³/mol. The number of halogens is 1. The third kappa shape index (κ3) is 4.28. The van der Waals surface area contributed by atoms with Gasteiger partial charge in [0.15, 0.2) is 18.2 Å². The van der Waals surface area contributed by atoms with Gasteiger partial charge in [-0.2, -0.15) is 4.57 Å². The highest BCUT2D eigenvalue weighted by atomic mass is 35.5. The Kier molecular flexibility index (Phi) is 6.56. The lowest BCUT2D eigenvalue weighted by molar-refractivity contribution is -0.689. The lowest BCUT2D eigenvalue weighted by atomic mass is 10.2. The van der Waals surface area contributed by atoms with Crippen molar-refractivity contribution in [2.75, 3.05) is 25.6 Å². The molecule has 9 heteroatoms. The monoisotopic (exact) mass is 408 g/mol. The molecule has 3 heterocycles. The van der Waals surface area contributed by atoms with Gasteiger partial charge in [0.05, 0.1) is 12.0 Å². The number of hydrogen-bond donors (Lipinski definition) is 1. The number of H-pyrrole nitrogens is 1. The molecule has 27 heavy (non-hydrogen) atoms. The molecule has 7 nitrogen and oxygen atoms in total. The van der Waals surface area contributed by atoms with Gasteiger partial charge in [0.1, 0.15) is 9.71 Å². The fourth-order valence-corrected chi connectivity index (χ4v) is 3.78. The summed E-state index contributed by atoms with van der Waals surface area (Å²) in [6.07, 6.45) is 3.87. The highest BCUT2D eigenvalue weighted by molar-refractivity contribution is 7.20. The van der Waals surface area contributed by atoms with Crippen molar-refractivity contribution in [3.63, 3.8) is 0 Å². The SMILES string of the molecule is CCOC(=O)c1sc2nc(C[n+]3ccc(N(C)C)cc3)[nH]c(=O)c2c1C.[Cl-]. The molecule has 0 fully saturated rings. The third-order valence-corrected chi connectivity index (χ3v) is 5.20. The van der Waals surface area contributed by atoms with E-state index in [9.17, 15) is 9.59 Å². The lowest BCUT2D eigenvalue weighted by Gasteiger charge is -2.10. The molecule has 0 bridgehead atoms. The molecule has 0 atom stereocenters. The van der Waals surface area contributed by atoms with Crippen LogP contribution >= 0.6 is 11.3 Å². The van der Waals surface area contributed by atoms with E-state index in [1.807, 2.05) is 48.1 Å². The molecule has 0 spiro atoms. The van der Waals surface area contributed by atoms with E-state index < -0.39 is 5.97 Å². The van der Waals surface area contributed by atoms with Gasteiger partial charge < -0.3 is 27.0 Å². The van der Waals surface area contributed by atoms with Gasteiger partial charge in [0, 0.05) is 31.9 Å². The summed E-state index contributed by atoms with van der Waals surface area (Å²) in [6, 6.07) is 3.98. The minimum absolute atomic E-state index is 0. The average Bonchev–Trinajstić information content (AvgIpc) is 2.93. The van der Waals surface area contributed by atoms with Crippen LogP contribution in [0.25, 0.3) is 10.2 Å². The van der Waals surface area contributed by atoms with Crippen LogP contribution in [0.3, 0.4) is 0 Å². The summed E-state index contributed by atoms with van der Waals surface area (Å²) in [4.78, 5) is 34.9. The smallest absolute Gasteiger partial charge is 0.348 e. The molecule has 1 N–H and O–H groups in total. The maximum atomic E-state index is 12.5. The van der Waals surface area contributed by atoms with Crippen LogP contribution in [0.2, 0.25) is 0 Å². The summed E-state index contributed by atoms with van der Waals surface area (Å²) >= 11 is 1.20. The molecule has 0 saturated heterocycles. The maximum absolute atomic E-state index is 12.5. The summed E-state index contributed by atoms with van der Waals surface area (Å²) in [7, 11) is 3.96. The molecule has 0 saturated carbocycles.